The summed E-state index contributed by atoms with van der Waals surface area (Å²) in [6, 6.07) is 0. The van der Waals surface area contributed by atoms with Crippen LogP contribution in [-0.2, 0) is 47.2 Å². The van der Waals surface area contributed by atoms with Gasteiger partial charge in [-0.25, -0.2) is 0 Å². The molecule has 5 aliphatic rings. The van der Waals surface area contributed by atoms with Crippen LogP contribution in [0.3, 0.4) is 0 Å². The molecule has 3 fully saturated rings. The van der Waals surface area contributed by atoms with Gasteiger partial charge in [0.1, 0.15) is 0 Å². The first-order valence-corrected chi connectivity index (χ1v) is 34.6. The molecular formula is C46H70O12Sn2. The van der Waals surface area contributed by atoms with E-state index >= 15 is 0 Å². The number of unbranched alkanes of at least 4 members (excludes halogenated alkanes) is 10. The number of rotatable bonds is 21. The van der Waals surface area contributed by atoms with Crippen LogP contribution in [0.2, 0.25) is 8.87 Å². The fraction of sp³-hybridized carbons (Fsp3) is 0.739. The molecule has 0 N–H and O–H groups in total. The third-order valence-electron chi connectivity index (χ3n) is 12.8. The summed E-state index contributed by atoms with van der Waals surface area (Å²) in [4.78, 5) is 83.3. The Labute approximate surface area is 368 Å². The zero-order valence-corrected chi connectivity index (χ0v) is 42.1. The Kier molecular flexibility index (Phi) is 20.3. The van der Waals surface area contributed by atoms with Gasteiger partial charge < -0.3 is 0 Å². The summed E-state index contributed by atoms with van der Waals surface area (Å²) in [6.45, 7) is 4.27. The monoisotopic (exact) mass is 1050 g/mol. The second kappa shape index (κ2) is 25.1. The van der Waals surface area contributed by atoms with E-state index in [9.17, 15) is 28.8 Å². The van der Waals surface area contributed by atoms with Crippen molar-refractivity contribution in [2.75, 3.05) is 0 Å². The van der Waals surface area contributed by atoms with Crippen molar-refractivity contribution in [3.05, 3.63) is 34.9 Å². The standard InChI is InChI=1S/3C10H14O4.2C8H17.2Sn/c3*11-9(12)6-8(10(13)14)7-4-2-1-3-5-7;2*1-3-5-7-8-6-4-2;;/h3*6-7H,1-5H2,(H,11,12)(H,13,14);2*1,3-8H2,2H3;;/q;;;;;2*+3/p-6/b8-6-;;;;;;. The maximum atomic E-state index is 14.6. The molecule has 0 saturated heterocycles. The van der Waals surface area contributed by atoms with Gasteiger partial charge >= 0.3 is 371 Å². The van der Waals surface area contributed by atoms with Gasteiger partial charge in [0.2, 0.25) is 0 Å². The Bertz CT molecular complexity index is 1590. The van der Waals surface area contributed by atoms with Gasteiger partial charge in [0.25, 0.3) is 0 Å². The molecule has 2 heterocycles. The van der Waals surface area contributed by atoms with E-state index in [0.717, 1.165) is 154 Å². The minimum absolute atomic E-state index is 0.0313. The van der Waals surface area contributed by atoms with Crippen molar-refractivity contribution >= 4 is 75.1 Å². The van der Waals surface area contributed by atoms with Crippen molar-refractivity contribution in [3.8, 4) is 0 Å². The van der Waals surface area contributed by atoms with Crippen LogP contribution >= 0.6 is 0 Å². The second-order valence-electron chi connectivity index (χ2n) is 17.6. The average Bonchev–Trinajstić information content (AvgIpc) is 3.45. The molecule has 0 spiro atoms. The van der Waals surface area contributed by atoms with Crippen molar-refractivity contribution in [1.82, 2.24) is 0 Å². The Morgan fingerprint density at radius 1 is 0.550 bits per heavy atom. The summed E-state index contributed by atoms with van der Waals surface area (Å²) in [5.74, 6) is -5.27. The van der Waals surface area contributed by atoms with E-state index in [1.54, 1.807) is 0 Å². The molecule has 3 aliphatic carbocycles. The molecule has 60 heavy (non-hydrogen) atoms. The van der Waals surface area contributed by atoms with E-state index in [2.05, 4.69) is 13.8 Å². The van der Waals surface area contributed by atoms with Crippen molar-refractivity contribution in [3.63, 3.8) is 0 Å². The van der Waals surface area contributed by atoms with Gasteiger partial charge in [0.05, 0.1) is 0 Å². The quantitative estimate of drug-likeness (QED) is 0.0610. The average molecular weight is 1050 g/mol. The fourth-order valence-electron chi connectivity index (χ4n) is 9.48. The van der Waals surface area contributed by atoms with Gasteiger partial charge in [-0.1, -0.05) is 0 Å². The maximum absolute atomic E-state index is 14.6. The molecule has 3 saturated carbocycles. The summed E-state index contributed by atoms with van der Waals surface area (Å²) in [5.41, 5.74) is 0.584. The third kappa shape index (κ3) is 14.9. The topological polar surface area (TPSA) is 158 Å². The van der Waals surface area contributed by atoms with E-state index in [1.165, 1.54) is 12.2 Å². The van der Waals surface area contributed by atoms with Crippen LogP contribution in [0.15, 0.2) is 34.9 Å². The molecule has 2 aliphatic heterocycles. The Morgan fingerprint density at radius 2 is 0.950 bits per heavy atom. The van der Waals surface area contributed by atoms with Crippen molar-refractivity contribution in [1.29, 1.82) is 0 Å². The predicted octanol–water partition coefficient (Wildman–Crippen LogP) is 10.4. The Morgan fingerprint density at radius 3 is 1.40 bits per heavy atom. The molecule has 0 amide bonds. The molecule has 0 bridgehead atoms. The van der Waals surface area contributed by atoms with Crippen LogP contribution in [0.1, 0.15) is 187 Å². The summed E-state index contributed by atoms with van der Waals surface area (Å²) in [6.07, 6.45) is 27.3. The molecule has 2 unspecified atom stereocenters. The van der Waals surface area contributed by atoms with Crippen LogP contribution in [-0.4, -0.2) is 75.1 Å². The van der Waals surface area contributed by atoms with E-state index in [0.29, 0.717) is 25.7 Å². The summed E-state index contributed by atoms with van der Waals surface area (Å²) in [7, 11) is 0. The van der Waals surface area contributed by atoms with Crippen LogP contribution in [0.25, 0.3) is 0 Å². The van der Waals surface area contributed by atoms with Crippen molar-refractivity contribution < 1.29 is 47.2 Å². The summed E-state index contributed by atoms with van der Waals surface area (Å²) >= 11 is -10.7. The predicted molar refractivity (Wildman–Crippen MR) is 228 cm³/mol. The molecule has 0 aromatic heterocycles. The van der Waals surface area contributed by atoms with Crippen LogP contribution in [0.4, 0.5) is 0 Å². The minimum atomic E-state index is -5.36. The summed E-state index contributed by atoms with van der Waals surface area (Å²) in [5, 5.41) is 0. The zero-order valence-electron chi connectivity index (χ0n) is 36.4. The van der Waals surface area contributed by atoms with E-state index in [1.807, 2.05) is 0 Å². The van der Waals surface area contributed by atoms with Gasteiger partial charge in [-0.05, 0) is 0 Å². The van der Waals surface area contributed by atoms with Crippen molar-refractivity contribution in [2.45, 2.75) is 196 Å². The molecule has 334 valence electrons. The van der Waals surface area contributed by atoms with Crippen LogP contribution < -0.4 is 0 Å². The molecule has 0 radical (unpaired) electrons. The number of hydrogen-bond donors (Lipinski definition) is 0. The van der Waals surface area contributed by atoms with Gasteiger partial charge in [-0.15, -0.1) is 0 Å². The van der Waals surface area contributed by atoms with Gasteiger partial charge in [0.15, 0.2) is 0 Å². The molecule has 14 heteroatoms. The van der Waals surface area contributed by atoms with Crippen LogP contribution in [0, 0.1) is 17.8 Å². The molecule has 2 atom stereocenters. The normalized spacial score (nSPS) is 25.1. The van der Waals surface area contributed by atoms with E-state index in [4.69, 9.17) is 18.4 Å². The first kappa shape index (κ1) is 48.7. The first-order valence-electron chi connectivity index (χ1n) is 23.6. The molecule has 5 rings (SSSR count). The number of carbonyl (C=O) groups excluding carboxylic acids is 6. The van der Waals surface area contributed by atoms with E-state index in [-0.39, 0.29) is 43.3 Å². The van der Waals surface area contributed by atoms with Gasteiger partial charge in [-0.2, -0.15) is 0 Å². The second-order valence-corrected chi connectivity index (χ2v) is 31.8. The van der Waals surface area contributed by atoms with Crippen LogP contribution in [0.5, 0.6) is 0 Å². The third-order valence-corrected chi connectivity index (χ3v) is 27.0. The van der Waals surface area contributed by atoms with Gasteiger partial charge in [0, 0.05) is 0 Å². The zero-order chi connectivity index (χ0) is 42.8. The van der Waals surface area contributed by atoms with E-state index < -0.39 is 75.1 Å². The number of hydrogen-bond acceptors (Lipinski definition) is 12. The molecular weight excluding hydrogens is 982 g/mol. The van der Waals surface area contributed by atoms with Gasteiger partial charge in [-0.3, -0.25) is 0 Å². The SMILES string of the molecule is CCCCCCC[CH2][Sn]1([O]C(=O)/C=C(\C(=O)[O][Sn]2([CH2]CCCCCCC)[O]C(=O)C=C(C3CCCCC3)C(=O)[O]2)C2CCCCC2)[O]C(=O)C=C(C2CCCCC2)C(=O)[O]1. The fourth-order valence-corrected chi connectivity index (χ4v) is 22.4. The Balaban J connectivity index is 1.41. The number of carbonyl (C=O) groups is 6. The molecule has 0 aromatic rings. The van der Waals surface area contributed by atoms with Crippen molar-refractivity contribution in [2.24, 2.45) is 17.8 Å². The molecule has 12 nitrogen and oxygen atoms in total. The molecule has 0 aromatic carbocycles. The first-order chi connectivity index (χ1) is 29.1. The summed E-state index contributed by atoms with van der Waals surface area (Å²) < 4.78 is 36.8. The Hall–Kier alpha value is -2.36.